The lowest BCUT2D eigenvalue weighted by atomic mass is 9.55. The second-order valence-corrected chi connectivity index (χ2v) is 4.89. The fraction of sp³-hybridized carbons (Fsp3) is 0.818. The number of hydrogen-bond acceptors (Lipinski definition) is 2. The third kappa shape index (κ3) is 0.960. The van der Waals surface area contributed by atoms with Crippen LogP contribution in [0.1, 0.15) is 20.3 Å². The van der Waals surface area contributed by atoms with Crippen LogP contribution in [0.5, 0.6) is 0 Å². The second kappa shape index (κ2) is 2.58. The molecule has 2 bridgehead atoms. The molecule has 0 spiro atoms. The maximum absolute atomic E-state index is 5.30. The van der Waals surface area contributed by atoms with Gasteiger partial charge >= 0.3 is 0 Å². The molecule has 2 fully saturated rings. The van der Waals surface area contributed by atoms with Gasteiger partial charge in [-0.2, -0.15) is 0 Å². The Bertz CT molecular complexity index is 246. The zero-order chi connectivity index (χ0) is 9.00. The van der Waals surface area contributed by atoms with E-state index in [4.69, 9.17) is 9.78 Å². The van der Waals surface area contributed by atoms with Crippen LogP contribution in [0.2, 0.25) is 0 Å². The van der Waals surface area contributed by atoms with Crippen LogP contribution in [0.4, 0.5) is 0 Å². The number of hydrogen-bond donors (Lipinski definition) is 0. The lowest BCUT2D eigenvalue weighted by molar-refractivity contribution is -0.410. The minimum absolute atomic E-state index is 0.246. The molecule has 1 saturated heterocycles. The largest absolute Gasteiger partial charge is 0.228 e. The molecule has 0 amide bonds. The summed E-state index contributed by atoms with van der Waals surface area (Å²) in [7, 11) is 0. The van der Waals surface area contributed by atoms with E-state index in [2.05, 4.69) is 26.0 Å². The quantitative estimate of drug-likeness (QED) is 0.455. The molecule has 0 N–H and O–H groups in total. The van der Waals surface area contributed by atoms with Crippen molar-refractivity contribution in [2.45, 2.75) is 32.5 Å². The molecule has 13 heavy (non-hydrogen) atoms. The maximum Gasteiger partial charge on any atom is 0.115 e. The van der Waals surface area contributed by atoms with Crippen molar-refractivity contribution in [2.24, 2.45) is 23.7 Å². The molecule has 4 rings (SSSR count). The van der Waals surface area contributed by atoms with Crippen LogP contribution >= 0.6 is 0 Å². The Balaban J connectivity index is 1.83. The zero-order valence-corrected chi connectivity index (χ0v) is 8.14. The first-order valence-corrected chi connectivity index (χ1v) is 5.28. The van der Waals surface area contributed by atoms with Gasteiger partial charge in [-0.25, -0.2) is 9.78 Å². The molecule has 72 valence electrons. The molecule has 2 aliphatic carbocycles. The van der Waals surface area contributed by atoms with Crippen molar-refractivity contribution in [3.05, 3.63) is 12.2 Å². The molecule has 0 aromatic rings. The van der Waals surface area contributed by atoms with Crippen LogP contribution in [0.15, 0.2) is 12.2 Å². The molecular weight excluding hydrogens is 164 g/mol. The predicted molar refractivity (Wildman–Crippen MR) is 48.8 cm³/mol. The van der Waals surface area contributed by atoms with Crippen molar-refractivity contribution in [1.29, 1.82) is 0 Å². The smallest absolute Gasteiger partial charge is 0.115 e. The molecule has 0 aromatic heterocycles. The van der Waals surface area contributed by atoms with E-state index >= 15 is 0 Å². The summed E-state index contributed by atoms with van der Waals surface area (Å²) in [6.45, 7) is 4.63. The van der Waals surface area contributed by atoms with Gasteiger partial charge in [-0.05, 0) is 24.2 Å². The first-order chi connectivity index (χ1) is 6.27. The van der Waals surface area contributed by atoms with Gasteiger partial charge in [-0.3, -0.25) is 0 Å². The summed E-state index contributed by atoms with van der Waals surface area (Å²) in [5, 5.41) is 0. The Kier molecular flexibility index (Phi) is 1.59. The minimum atomic E-state index is 0.246. The standard InChI is InChI=1S/C11H16O2/c1-6(2)7-5-8-9-3-4-10(11(7)8)13-12-9/h3-4,6-11H,5H2,1-2H3. The first-order valence-electron chi connectivity index (χ1n) is 5.28. The molecule has 2 aliphatic heterocycles. The van der Waals surface area contributed by atoms with Crippen LogP contribution < -0.4 is 0 Å². The molecule has 0 radical (unpaired) electrons. The van der Waals surface area contributed by atoms with Crippen molar-refractivity contribution in [1.82, 2.24) is 0 Å². The summed E-state index contributed by atoms with van der Waals surface area (Å²) >= 11 is 0. The molecular formula is C11H16O2. The Hall–Kier alpha value is -0.340. The van der Waals surface area contributed by atoms with Crippen molar-refractivity contribution < 1.29 is 9.78 Å². The second-order valence-electron chi connectivity index (χ2n) is 4.89. The molecule has 4 aliphatic rings. The van der Waals surface area contributed by atoms with Crippen LogP contribution in [-0.2, 0) is 9.78 Å². The van der Waals surface area contributed by atoms with Gasteiger partial charge in [0.1, 0.15) is 12.2 Å². The van der Waals surface area contributed by atoms with E-state index in [0.29, 0.717) is 0 Å². The third-order valence-corrected chi connectivity index (χ3v) is 3.96. The average Bonchev–Trinajstić information content (AvgIpc) is 2.04. The topological polar surface area (TPSA) is 18.5 Å². The zero-order valence-electron chi connectivity index (χ0n) is 8.14. The minimum Gasteiger partial charge on any atom is -0.228 e. The monoisotopic (exact) mass is 180 g/mol. The van der Waals surface area contributed by atoms with E-state index in [9.17, 15) is 0 Å². The predicted octanol–water partition coefficient (Wildman–Crippen LogP) is 2.16. The fourth-order valence-corrected chi connectivity index (χ4v) is 3.13. The Labute approximate surface area is 78.8 Å². The Morgan fingerprint density at radius 3 is 2.38 bits per heavy atom. The summed E-state index contributed by atoms with van der Waals surface area (Å²) in [6.07, 6.45) is 6.19. The fourth-order valence-electron chi connectivity index (χ4n) is 3.13. The van der Waals surface area contributed by atoms with E-state index in [-0.39, 0.29) is 12.2 Å². The molecule has 5 unspecified atom stereocenters. The van der Waals surface area contributed by atoms with Crippen molar-refractivity contribution in [3.8, 4) is 0 Å². The van der Waals surface area contributed by atoms with E-state index < -0.39 is 0 Å². The van der Waals surface area contributed by atoms with E-state index in [1.54, 1.807) is 0 Å². The van der Waals surface area contributed by atoms with Gasteiger partial charge in [0, 0.05) is 5.92 Å². The average molecular weight is 180 g/mol. The highest BCUT2D eigenvalue weighted by Gasteiger charge is 2.55. The van der Waals surface area contributed by atoms with Gasteiger partial charge in [-0.1, -0.05) is 26.0 Å². The van der Waals surface area contributed by atoms with Gasteiger partial charge in [0.05, 0.1) is 0 Å². The number of rotatable bonds is 1. The Morgan fingerprint density at radius 2 is 1.85 bits per heavy atom. The van der Waals surface area contributed by atoms with Gasteiger partial charge < -0.3 is 0 Å². The maximum atomic E-state index is 5.30. The van der Waals surface area contributed by atoms with Crippen molar-refractivity contribution in [3.63, 3.8) is 0 Å². The summed E-state index contributed by atoms with van der Waals surface area (Å²) in [4.78, 5) is 10.6. The van der Waals surface area contributed by atoms with Gasteiger partial charge in [-0.15, -0.1) is 0 Å². The molecule has 2 nitrogen and oxygen atoms in total. The van der Waals surface area contributed by atoms with E-state index in [1.807, 2.05) is 0 Å². The third-order valence-electron chi connectivity index (χ3n) is 3.96. The summed E-state index contributed by atoms with van der Waals surface area (Å²) in [5.41, 5.74) is 0. The van der Waals surface area contributed by atoms with Crippen LogP contribution in [0, 0.1) is 23.7 Å². The first kappa shape index (κ1) is 8.01. The van der Waals surface area contributed by atoms with E-state index in [0.717, 1.165) is 23.7 Å². The molecule has 2 heterocycles. The van der Waals surface area contributed by atoms with E-state index in [1.165, 1.54) is 6.42 Å². The number of fused-ring (bicyclic) bond motifs is 1. The lowest BCUT2D eigenvalue weighted by Gasteiger charge is -2.56. The highest BCUT2D eigenvalue weighted by Crippen LogP contribution is 2.54. The Morgan fingerprint density at radius 1 is 1.15 bits per heavy atom. The van der Waals surface area contributed by atoms with Crippen LogP contribution in [0.25, 0.3) is 0 Å². The summed E-state index contributed by atoms with van der Waals surface area (Å²) < 4.78 is 0. The molecule has 1 saturated carbocycles. The summed E-state index contributed by atoms with van der Waals surface area (Å²) in [6, 6.07) is 0. The van der Waals surface area contributed by atoms with Gasteiger partial charge in [0.15, 0.2) is 0 Å². The molecule has 5 atom stereocenters. The van der Waals surface area contributed by atoms with Crippen molar-refractivity contribution >= 4 is 0 Å². The van der Waals surface area contributed by atoms with Gasteiger partial charge in [0.2, 0.25) is 0 Å². The molecule has 2 heteroatoms. The summed E-state index contributed by atoms with van der Waals surface area (Å²) in [5.74, 6) is 3.13. The highest BCUT2D eigenvalue weighted by atomic mass is 17.2. The van der Waals surface area contributed by atoms with Crippen molar-refractivity contribution in [2.75, 3.05) is 0 Å². The van der Waals surface area contributed by atoms with Crippen LogP contribution in [-0.4, -0.2) is 12.2 Å². The highest BCUT2D eigenvalue weighted by molar-refractivity contribution is 5.15. The SMILES string of the molecule is CC(C)C1CC2C3C=CC(OO3)C12. The van der Waals surface area contributed by atoms with Gasteiger partial charge in [0.25, 0.3) is 0 Å². The normalized spacial score (nSPS) is 52.1. The molecule has 0 aromatic carbocycles. The lowest BCUT2D eigenvalue weighted by Crippen LogP contribution is -2.57. The van der Waals surface area contributed by atoms with Crippen LogP contribution in [0.3, 0.4) is 0 Å².